The second kappa shape index (κ2) is 5.82. The molecule has 0 spiro atoms. The van der Waals surface area contributed by atoms with E-state index >= 15 is 0 Å². The van der Waals surface area contributed by atoms with Gasteiger partial charge < -0.3 is 16.4 Å². The number of carbonyl (C=O) groups is 1. The summed E-state index contributed by atoms with van der Waals surface area (Å²) < 4.78 is 0. The number of aromatic nitrogens is 1. The first-order chi connectivity index (χ1) is 8.70. The number of hydrogen-bond acceptors (Lipinski definition) is 4. The molecule has 1 aromatic heterocycles. The minimum atomic E-state index is -0.170. The Balaban J connectivity index is 1.95. The van der Waals surface area contributed by atoms with Crippen molar-refractivity contribution in [1.29, 1.82) is 0 Å². The highest BCUT2D eigenvalue weighted by atomic mass is 16.1. The van der Waals surface area contributed by atoms with Crippen molar-refractivity contribution in [3.8, 4) is 0 Å². The van der Waals surface area contributed by atoms with Crippen LogP contribution in [0.3, 0.4) is 0 Å². The van der Waals surface area contributed by atoms with Gasteiger partial charge in [0.15, 0.2) is 0 Å². The number of carbonyl (C=O) groups excluding carboxylic acids is 1. The van der Waals surface area contributed by atoms with Crippen molar-refractivity contribution < 1.29 is 4.79 Å². The molecule has 1 fully saturated rings. The first kappa shape index (κ1) is 12.8. The van der Waals surface area contributed by atoms with E-state index in [-0.39, 0.29) is 5.91 Å². The van der Waals surface area contributed by atoms with E-state index in [1.54, 1.807) is 19.3 Å². The Hall–Kier alpha value is -1.62. The Morgan fingerprint density at radius 2 is 2.39 bits per heavy atom. The number of nitrogens with one attached hydrogen (secondary N) is 2. The van der Waals surface area contributed by atoms with Crippen molar-refractivity contribution in [3.63, 3.8) is 0 Å². The third kappa shape index (κ3) is 2.98. The van der Waals surface area contributed by atoms with Crippen molar-refractivity contribution in [2.45, 2.75) is 25.3 Å². The first-order valence-corrected chi connectivity index (χ1v) is 6.38. The van der Waals surface area contributed by atoms with Gasteiger partial charge in [-0.1, -0.05) is 6.42 Å². The molecule has 0 saturated heterocycles. The summed E-state index contributed by atoms with van der Waals surface area (Å²) >= 11 is 0. The van der Waals surface area contributed by atoms with E-state index in [0.29, 0.717) is 17.7 Å². The molecule has 0 bridgehead atoms. The lowest BCUT2D eigenvalue weighted by molar-refractivity contribution is 0.0958. The Labute approximate surface area is 107 Å². The Kier molecular flexibility index (Phi) is 4.15. The number of rotatable bonds is 4. The van der Waals surface area contributed by atoms with Crippen molar-refractivity contribution >= 4 is 11.6 Å². The lowest BCUT2D eigenvalue weighted by Gasteiger charge is -2.16. The van der Waals surface area contributed by atoms with Crippen molar-refractivity contribution in [2.75, 3.05) is 18.9 Å². The average molecular weight is 248 g/mol. The summed E-state index contributed by atoms with van der Waals surface area (Å²) in [5.41, 5.74) is 7.37. The van der Waals surface area contributed by atoms with Gasteiger partial charge in [-0.15, -0.1) is 0 Å². The molecule has 1 amide bonds. The van der Waals surface area contributed by atoms with Gasteiger partial charge in [-0.3, -0.25) is 9.78 Å². The summed E-state index contributed by atoms with van der Waals surface area (Å²) in [6.07, 6.45) is 5.16. The zero-order chi connectivity index (χ0) is 13.0. The van der Waals surface area contributed by atoms with Crippen LogP contribution in [0.25, 0.3) is 0 Å². The molecular weight excluding hydrogens is 228 g/mol. The predicted octanol–water partition coefficient (Wildman–Crippen LogP) is 0.980. The normalized spacial score (nSPS) is 22.8. The standard InChI is InChI=1S/C13H20N4O/c1-15-13(18)12-7-10(5-6-16-12)17-8-9-3-2-4-11(9)14/h5-7,9,11H,2-4,8,14H2,1H3,(H,15,18)(H,16,17). The maximum atomic E-state index is 11.5. The molecule has 1 aromatic rings. The van der Waals surface area contributed by atoms with Crippen LogP contribution >= 0.6 is 0 Å². The number of anilines is 1. The molecule has 4 N–H and O–H groups in total. The Morgan fingerprint density at radius 1 is 1.56 bits per heavy atom. The number of hydrogen-bond donors (Lipinski definition) is 3. The molecule has 18 heavy (non-hydrogen) atoms. The van der Waals surface area contributed by atoms with Crippen LogP contribution in [0, 0.1) is 5.92 Å². The Bertz CT molecular complexity index is 421. The molecule has 2 atom stereocenters. The molecule has 0 aliphatic heterocycles. The fourth-order valence-corrected chi connectivity index (χ4v) is 2.36. The quantitative estimate of drug-likeness (QED) is 0.742. The average Bonchev–Trinajstić information content (AvgIpc) is 2.81. The third-order valence-electron chi connectivity index (χ3n) is 3.51. The van der Waals surface area contributed by atoms with E-state index in [1.165, 1.54) is 12.8 Å². The topological polar surface area (TPSA) is 80.0 Å². The van der Waals surface area contributed by atoms with Gasteiger partial charge in [-0.25, -0.2) is 0 Å². The number of nitrogens with zero attached hydrogens (tertiary/aromatic N) is 1. The van der Waals surface area contributed by atoms with E-state index in [2.05, 4.69) is 15.6 Å². The molecule has 1 saturated carbocycles. The first-order valence-electron chi connectivity index (χ1n) is 6.38. The highest BCUT2D eigenvalue weighted by Gasteiger charge is 2.23. The number of amides is 1. The molecule has 2 rings (SSSR count). The van der Waals surface area contributed by atoms with Gasteiger partial charge >= 0.3 is 0 Å². The van der Waals surface area contributed by atoms with Crippen LogP contribution < -0.4 is 16.4 Å². The summed E-state index contributed by atoms with van der Waals surface area (Å²) in [4.78, 5) is 15.5. The minimum Gasteiger partial charge on any atom is -0.385 e. The lowest BCUT2D eigenvalue weighted by atomic mass is 10.0. The summed E-state index contributed by atoms with van der Waals surface area (Å²) in [6, 6.07) is 3.93. The van der Waals surface area contributed by atoms with Crippen LogP contribution in [0.2, 0.25) is 0 Å². The second-order valence-electron chi connectivity index (χ2n) is 4.74. The fraction of sp³-hybridized carbons (Fsp3) is 0.538. The maximum Gasteiger partial charge on any atom is 0.269 e. The third-order valence-corrected chi connectivity index (χ3v) is 3.51. The molecule has 0 radical (unpaired) electrons. The summed E-state index contributed by atoms with van der Waals surface area (Å²) in [7, 11) is 1.60. The van der Waals surface area contributed by atoms with Gasteiger partial charge in [0.25, 0.3) is 5.91 Å². The van der Waals surface area contributed by atoms with Crippen LogP contribution in [-0.4, -0.2) is 30.5 Å². The highest BCUT2D eigenvalue weighted by Crippen LogP contribution is 2.24. The van der Waals surface area contributed by atoms with Crippen LogP contribution in [0.1, 0.15) is 29.8 Å². The molecule has 0 aromatic carbocycles. The van der Waals surface area contributed by atoms with Crippen LogP contribution in [0.5, 0.6) is 0 Å². The monoisotopic (exact) mass is 248 g/mol. The van der Waals surface area contributed by atoms with Gasteiger partial charge in [0.05, 0.1) is 0 Å². The minimum absolute atomic E-state index is 0.170. The largest absolute Gasteiger partial charge is 0.385 e. The molecule has 2 unspecified atom stereocenters. The van der Waals surface area contributed by atoms with Gasteiger partial charge in [0.2, 0.25) is 0 Å². The maximum absolute atomic E-state index is 11.5. The fourth-order valence-electron chi connectivity index (χ4n) is 2.36. The van der Waals surface area contributed by atoms with Crippen molar-refractivity contribution in [2.24, 2.45) is 11.7 Å². The lowest BCUT2D eigenvalue weighted by Crippen LogP contribution is -2.29. The van der Waals surface area contributed by atoms with Gasteiger partial charge in [-0.05, 0) is 30.9 Å². The molecule has 5 heteroatoms. The summed E-state index contributed by atoms with van der Waals surface area (Å²) in [6.45, 7) is 0.859. The van der Waals surface area contributed by atoms with Crippen LogP contribution in [-0.2, 0) is 0 Å². The molecule has 1 aliphatic rings. The van der Waals surface area contributed by atoms with E-state index in [0.717, 1.165) is 18.7 Å². The Morgan fingerprint density at radius 3 is 3.06 bits per heavy atom. The van der Waals surface area contributed by atoms with E-state index < -0.39 is 0 Å². The van der Waals surface area contributed by atoms with Gasteiger partial charge in [-0.2, -0.15) is 0 Å². The number of nitrogens with two attached hydrogens (primary N) is 1. The molecular formula is C13H20N4O. The van der Waals surface area contributed by atoms with Crippen molar-refractivity contribution in [1.82, 2.24) is 10.3 Å². The van der Waals surface area contributed by atoms with Crippen molar-refractivity contribution in [3.05, 3.63) is 24.0 Å². The molecule has 1 aliphatic carbocycles. The SMILES string of the molecule is CNC(=O)c1cc(NCC2CCCC2N)ccn1. The van der Waals surface area contributed by atoms with Crippen LogP contribution in [0.4, 0.5) is 5.69 Å². The summed E-state index contributed by atoms with van der Waals surface area (Å²) in [5, 5.41) is 5.90. The van der Waals surface area contributed by atoms with Gasteiger partial charge in [0, 0.05) is 31.5 Å². The van der Waals surface area contributed by atoms with Gasteiger partial charge in [0.1, 0.15) is 5.69 Å². The molecule has 1 heterocycles. The van der Waals surface area contributed by atoms with E-state index in [4.69, 9.17) is 5.73 Å². The number of pyridine rings is 1. The second-order valence-corrected chi connectivity index (χ2v) is 4.74. The highest BCUT2D eigenvalue weighted by molar-refractivity contribution is 5.92. The van der Waals surface area contributed by atoms with Crippen LogP contribution in [0.15, 0.2) is 18.3 Å². The zero-order valence-corrected chi connectivity index (χ0v) is 10.6. The summed E-state index contributed by atoms with van der Waals surface area (Å²) in [5.74, 6) is 0.359. The zero-order valence-electron chi connectivity index (χ0n) is 10.6. The van der Waals surface area contributed by atoms with E-state index in [9.17, 15) is 4.79 Å². The smallest absolute Gasteiger partial charge is 0.269 e. The van der Waals surface area contributed by atoms with E-state index in [1.807, 2.05) is 6.07 Å². The molecule has 5 nitrogen and oxygen atoms in total. The molecule has 98 valence electrons. The predicted molar refractivity (Wildman–Crippen MR) is 71.4 cm³/mol.